The third-order valence-corrected chi connectivity index (χ3v) is 3.86. The molecule has 2 heterocycles. The Morgan fingerprint density at radius 2 is 1.89 bits per heavy atom. The van der Waals surface area contributed by atoms with Crippen molar-refractivity contribution < 1.29 is 13.6 Å². The first kappa shape index (κ1) is 11.6. The quantitative estimate of drug-likeness (QED) is 0.816. The van der Waals surface area contributed by atoms with Gasteiger partial charge in [0.05, 0.1) is 5.56 Å². The Morgan fingerprint density at radius 3 is 2.56 bits per heavy atom. The van der Waals surface area contributed by atoms with Gasteiger partial charge in [-0.2, -0.15) is 0 Å². The molecule has 2 atom stereocenters. The molecule has 2 aliphatic heterocycles. The number of carbonyl (C=O) groups excluding carboxylic acids is 1. The summed E-state index contributed by atoms with van der Waals surface area (Å²) in [7, 11) is 0. The number of hydrogen-bond donors (Lipinski definition) is 1. The van der Waals surface area contributed by atoms with Crippen LogP contribution in [-0.2, 0) is 0 Å². The molecular formula is C13H14F2N2O. The highest BCUT2D eigenvalue weighted by Crippen LogP contribution is 2.28. The molecule has 1 amide bonds. The summed E-state index contributed by atoms with van der Waals surface area (Å²) in [4.78, 5) is 13.8. The van der Waals surface area contributed by atoms with Crippen LogP contribution in [0.15, 0.2) is 18.2 Å². The molecule has 3 rings (SSSR count). The third-order valence-electron chi connectivity index (χ3n) is 3.86. The molecule has 0 spiro atoms. The number of likely N-dealkylation sites (tertiary alicyclic amines) is 1. The largest absolute Gasteiger partial charge is 0.338 e. The number of halogens is 2. The first-order valence-corrected chi connectivity index (χ1v) is 6.11. The molecule has 2 saturated heterocycles. The Labute approximate surface area is 104 Å². The zero-order valence-electron chi connectivity index (χ0n) is 9.83. The van der Waals surface area contributed by atoms with Gasteiger partial charge in [0.15, 0.2) is 11.6 Å². The second-order valence-corrected chi connectivity index (χ2v) is 4.99. The first-order valence-electron chi connectivity index (χ1n) is 6.11. The predicted octanol–water partition coefficient (Wildman–Crippen LogP) is 1.26. The van der Waals surface area contributed by atoms with Gasteiger partial charge < -0.3 is 10.2 Å². The highest BCUT2D eigenvalue weighted by Gasteiger charge is 2.38. The lowest BCUT2D eigenvalue weighted by Gasteiger charge is -2.17. The SMILES string of the molecule is O=C(c1cccc(F)c1F)N1CC2CNCC2C1. The van der Waals surface area contributed by atoms with Crippen LogP contribution in [0.3, 0.4) is 0 Å². The van der Waals surface area contributed by atoms with Gasteiger partial charge in [0.25, 0.3) is 5.91 Å². The summed E-state index contributed by atoms with van der Waals surface area (Å²) < 4.78 is 26.7. The molecule has 0 bridgehead atoms. The van der Waals surface area contributed by atoms with E-state index in [9.17, 15) is 13.6 Å². The highest BCUT2D eigenvalue weighted by atomic mass is 19.2. The molecule has 5 heteroatoms. The maximum atomic E-state index is 13.6. The summed E-state index contributed by atoms with van der Waals surface area (Å²) >= 11 is 0. The maximum absolute atomic E-state index is 13.6. The van der Waals surface area contributed by atoms with Crippen molar-refractivity contribution in [1.29, 1.82) is 0 Å². The molecule has 0 aromatic heterocycles. The molecule has 18 heavy (non-hydrogen) atoms. The van der Waals surface area contributed by atoms with E-state index in [0.717, 1.165) is 19.2 Å². The zero-order valence-corrected chi connectivity index (χ0v) is 9.83. The minimum atomic E-state index is -1.04. The van der Waals surface area contributed by atoms with Gasteiger partial charge in [-0.25, -0.2) is 8.78 Å². The molecule has 1 aromatic rings. The van der Waals surface area contributed by atoms with Crippen molar-refractivity contribution in [2.45, 2.75) is 0 Å². The van der Waals surface area contributed by atoms with E-state index in [0.29, 0.717) is 24.9 Å². The fraction of sp³-hybridized carbons (Fsp3) is 0.462. The van der Waals surface area contributed by atoms with Gasteiger partial charge in [-0.15, -0.1) is 0 Å². The molecule has 0 aliphatic carbocycles. The summed E-state index contributed by atoms with van der Waals surface area (Å²) in [5, 5.41) is 3.27. The van der Waals surface area contributed by atoms with Crippen LogP contribution in [0.1, 0.15) is 10.4 Å². The number of benzene rings is 1. The normalized spacial score (nSPS) is 26.4. The molecule has 2 fully saturated rings. The van der Waals surface area contributed by atoms with Crippen LogP contribution in [0.25, 0.3) is 0 Å². The van der Waals surface area contributed by atoms with Crippen LogP contribution in [0, 0.1) is 23.5 Å². The van der Waals surface area contributed by atoms with Crippen LogP contribution in [0.2, 0.25) is 0 Å². The topological polar surface area (TPSA) is 32.3 Å². The van der Waals surface area contributed by atoms with E-state index in [-0.39, 0.29) is 5.56 Å². The van der Waals surface area contributed by atoms with E-state index in [1.54, 1.807) is 4.90 Å². The van der Waals surface area contributed by atoms with E-state index in [1.807, 2.05) is 0 Å². The Hall–Kier alpha value is -1.49. The van der Waals surface area contributed by atoms with Crippen molar-refractivity contribution >= 4 is 5.91 Å². The summed E-state index contributed by atoms with van der Waals surface area (Å²) in [6, 6.07) is 3.73. The number of rotatable bonds is 1. The Kier molecular flexibility index (Phi) is 2.78. The van der Waals surface area contributed by atoms with E-state index in [1.165, 1.54) is 12.1 Å². The lowest BCUT2D eigenvalue weighted by molar-refractivity contribution is 0.0776. The second-order valence-electron chi connectivity index (χ2n) is 4.99. The van der Waals surface area contributed by atoms with Crippen LogP contribution in [-0.4, -0.2) is 37.0 Å². The fourth-order valence-corrected chi connectivity index (χ4v) is 2.86. The smallest absolute Gasteiger partial charge is 0.256 e. The number of fused-ring (bicyclic) bond motifs is 1. The average molecular weight is 252 g/mol. The monoisotopic (exact) mass is 252 g/mol. The maximum Gasteiger partial charge on any atom is 0.256 e. The molecule has 1 aromatic carbocycles. The van der Waals surface area contributed by atoms with E-state index in [4.69, 9.17) is 0 Å². The number of carbonyl (C=O) groups is 1. The average Bonchev–Trinajstić information content (AvgIpc) is 2.92. The van der Waals surface area contributed by atoms with Crippen LogP contribution < -0.4 is 5.32 Å². The van der Waals surface area contributed by atoms with Crippen molar-refractivity contribution in [3.8, 4) is 0 Å². The molecular weight excluding hydrogens is 238 g/mol. The number of nitrogens with zero attached hydrogens (tertiary/aromatic N) is 1. The second kappa shape index (κ2) is 4.31. The fourth-order valence-electron chi connectivity index (χ4n) is 2.86. The molecule has 2 aliphatic rings. The van der Waals surface area contributed by atoms with Gasteiger partial charge in [-0.05, 0) is 24.0 Å². The molecule has 96 valence electrons. The lowest BCUT2D eigenvalue weighted by Crippen LogP contribution is -2.32. The summed E-state index contributed by atoms with van der Waals surface area (Å²) in [6.07, 6.45) is 0. The van der Waals surface area contributed by atoms with Crippen molar-refractivity contribution in [3.05, 3.63) is 35.4 Å². The third kappa shape index (κ3) is 1.79. The van der Waals surface area contributed by atoms with Crippen molar-refractivity contribution in [2.75, 3.05) is 26.2 Å². The van der Waals surface area contributed by atoms with Gasteiger partial charge in [0.1, 0.15) is 0 Å². The number of amides is 1. The summed E-state index contributed by atoms with van der Waals surface area (Å²) in [5.41, 5.74) is -0.164. The minimum absolute atomic E-state index is 0.164. The predicted molar refractivity (Wildman–Crippen MR) is 62.1 cm³/mol. The van der Waals surface area contributed by atoms with E-state index >= 15 is 0 Å². The highest BCUT2D eigenvalue weighted by molar-refractivity contribution is 5.94. The van der Waals surface area contributed by atoms with Gasteiger partial charge in [-0.1, -0.05) is 6.07 Å². The molecule has 0 radical (unpaired) electrons. The number of hydrogen-bond acceptors (Lipinski definition) is 2. The lowest BCUT2D eigenvalue weighted by atomic mass is 10.0. The Morgan fingerprint density at radius 1 is 1.22 bits per heavy atom. The first-order chi connectivity index (χ1) is 8.66. The van der Waals surface area contributed by atoms with Crippen LogP contribution >= 0.6 is 0 Å². The van der Waals surface area contributed by atoms with Crippen molar-refractivity contribution in [3.63, 3.8) is 0 Å². The van der Waals surface area contributed by atoms with Crippen LogP contribution in [0.4, 0.5) is 8.78 Å². The van der Waals surface area contributed by atoms with E-state index < -0.39 is 17.5 Å². The molecule has 3 nitrogen and oxygen atoms in total. The number of nitrogens with one attached hydrogen (secondary N) is 1. The Balaban J connectivity index is 1.81. The van der Waals surface area contributed by atoms with Gasteiger partial charge in [0.2, 0.25) is 0 Å². The minimum Gasteiger partial charge on any atom is -0.338 e. The molecule has 0 saturated carbocycles. The van der Waals surface area contributed by atoms with Gasteiger partial charge in [-0.3, -0.25) is 4.79 Å². The van der Waals surface area contributed by atoms with Crippen molar-refractivity contribution in [2.24, 2.45) is 11.8 Å². The zero-order chi connectivity index (χ0) is 12.7. The van der Waals surface area contributed by atoms with Gasteiger partial charge in [0, 0.05) is 26.2 Å². The van der Waals surface area contributed by atoms with E-state index in [2.05, 4.69) is 5.32 Å². The van der Waals surface area contributed by atoms with Crippen molar-refractivity contribution in [1.82, 2.24) is 10.2 Å². The van der Waals surface area contributed by atoms with Gasteiger partial charge >= 0.3 is 0 Å². The molecule has 2 unspecified atom stereocenters. The summed E-state index contributed by atoms with van der Waals surface area (Å²) in [5.74, 6) is -1.52. The standard InChI is InChI=1S/C13H14F2N2O/c14-11-3-1-2-10(12(11)15)13(18)17-6-8-4-16-5-9(8)7-17/h1-3,8-9,16H,4-7H2. The van der Waals surface area contributed by atoms with Crippen LogP contribution in [0.5, 0.6) is 0 Å². The summed E-state index contributed by atoms with van der Waals surface area (Å²) in [6.45, 7) is 3.07. The molecule has 1 N–H and O–H groups in total. The Bertz CT molecular complexity index is 480.